The summed E-state index contributed by atoms with van der Waals surface area (Å²) in [7, 11) is 1.66. The van der Waals surface area contributed by atoms with Gasteiger partial charge in [0.05, 0.1) is 17.5 Å². The zero-order valence-electron chi connectivity index (χ0n) is 10.7. The Labute approximate surface area is 109 Å². The van der Waals surface area contributed by atoms with Crippen molar-refractivity contribution in [3.63, 3.8) is 0 Å². The first-order chi connectivity index (χ1) is 8.81. The minimum atomic E-state index is -3.10. The second-order valence-corrected chi connectivity index (χ2v) is 4.28. The van der Waals surface area contributed by atoms with Gasteiger partial charge < -0.3 is 20.5 Å². The summed E-state index contributed by atoms with van der Waals surface area (Å²) in [5, 5.41) is 9.19. The molecule has 0 amide bonds. The maximum Gasteiger partial charge on any atom is 0.387 e. The first-order valence-electron chi connectivity index (χ1n) is 5.74. The third kappa shape index (κ3) is 4.51. The van der Waals surface area contributed by atoms with Crippen molar-refractivity contribution in [1.29, 1.82) is 0 Å². The molecule has 0 radical (unpaired) electrons. The van der Waals surface area contributed by atoms with Gasteiger partial charge in [0.1, 0.15) is 0 Å². The Kier molecular flexibility index (Phi) is 5.29. The van der Waals surface area contributed by atoms with Crippen LogP contribution in [-0.2, 0) is 0 Å². The highest BCUT2D eigenvalue weighted by molar-refractivity contribution is 5.69. The quantitative estimate of drug-likeness (QED) is 0.783. The Morgan fingerprint density at radius 2 is 2.05 bits per heavy atom. The zero-order valence-corrected chi connectivity index (χ0v) is 10.7. The number of ether oxygens (including phenoxy) is 1. The van der Waals surface area contributed by atoms with E-state index in [-0.39, 0.29) is 5.69 Å². The molecule has 0 bridgehead atoms. The first-order valence-corrected chi connectivity index (χ1v) is 5.74. The Bertz CT molecular complexity index is 428. The molecular weight excluding hydrogens is 261 g/mol. The molecule has 108 valence electrons. The van der Waals surface area contributed by atoms with E-state index in [1.54, 1.807) is 18.9 Å². The number of aliphatic hydroxyl groups is 1. The fourth-order valence-electron chi connectivity index (χ4n) is 1.58. The van der Waals surface area contributed by atoms with E-state index in [0.29, 0.717) is 18.7 Å². The molecule has 1 unspecified atom stereocenters. The number of nitrogens with two attached hydrogens (primary N) is 1. The summed E-state index contributed by atoms with van der Waals surface area (Å²) in [6.45, 7) is -1.02. The topological polar surface area (TPSA) is 58.7 Å². The predicted octanol–water partition coefficient (Wildman–Crippen LogP) is 2.22. The summed E-state index contributed by atoms with van der Waals surface area (Å²) in [6, 6.07) is 2.06. The van der Waals surface area contributed by atoms with Gasteiger partial charge in [-0.25, -0.2) is 4.39 Å². The molecule has 7 heteroatoms. The summed E-state index contributed by atoms with van der Waals surface area (Å²) in [4.78, 5) is 1.64. The highest BCUT2D eigenvalue weighted by Crippen LogP contribution is 2.31. The van der Waals surface area contributed by atoms with Gasteiger partial charge in [0.25, 0.3) is 0 Å². The Morgan fingerprint density at radius 1 is 1.42 bits per heavy atom. The van der Waals surface area contributed by atoms with E-state index in [9.17, 15) is 18.3 Å². The van der Waals surface area contributed by atoms with Crippen LogP contribution < -0.4 is 15.4 Å². The lowest BCUT2D eigenvalue weighted by Gasteiger charge is -2.22. The zero-order chi connectivity index (χ0) is 14.6. The standard InChI is InChI=1S/C12H17F3N2O2/c1-7(18)3-4-17(2)10-6-11(19-12(14)15)8(13)5-9(10)16/h5-7,12,18H,3-4,16H2,1-2H3. The van der Waals surface area contributed by atoms with Crippen LogP contribution in [0.3, 0.4) is 0 Å². The van der Waals surface area contributed by atoms with Crippen molar-refractivity contribution in [3.05, 3.63) is 17.9 Å². The van der Waals surface area contributed by atoms with Crippen molar-refractivity contribution < 1.29 is 23.0 Å². The molecule has 1 aromatic carbocycles. The Morgan fingerprint density at radius 3 is 2.58 bits per heavy atom. The lowest BCUT2D eigenvalue weighted by Crippen LogP contribution is -2.23. The van der Waals surface area contributed by atoms with Gasteiger partial charge in [0, 0.05) is 25.7 Å². The van der Waals surface area contributed by atoms with Crippen molar-refractivity contribution in [3.8, 4) is 5.75 Å². The van der Waals surface area contributed by atoms with Crippen molar-refractivity contribution in [1.82, 2.24) is 0 Å². The minimum Gasteiger partial charge on any atom is -0.432 e. The molecule has 0 saturated carbocycles. The molecule has 0 heterocycles. The molecule has 0 aliphatic heterocycles. The third-order valence-electron chi connectivity index (χ3n) is 2.59. The van der Waals surface area contributed by atoms with E-state index < -0.39 is 24.3 Å². The highest BCUT2D eigenvalue weighted by Gasteiger charge is 2.15. The van der Waals surface area contributed by atoms with E-state index in [1.807, 2.05) is 0 Å². The largest absolute Gasteiger partial charge is 0.432 e. The van der Waals surface area contributed by atoms with Crippen molar-refractivity contribution in [2.45, 2.75) is 26.1 Å². The first kappa shape index (κ1) is 15.4. The van der Waals surface area contributed by atoms with Gasteiger partial charge in [0.15, 0.2) is 11.6 Å². The molecule has 0 saturated heterocycles. The predicted molar refractivity (Wildman–Crippen MR) is 67.0 cm³/mol. The molecule has 3 N–H and O–H groups in total. The van der Waals surface area contributed by atoms with Crippen molar-refractivity contribution >= 4 is 11.4 Å². The number of hydrogen-bond acceptors (Lipinski definition) is 4. The normalized spacial score (nSPS) is 12.6. The van der Waals surface area contributed by atoms with Gasteiger partial charge in [-0.05, 0) is 13.3 Å². The van der Waals surface area contributed by atoms with E-state index in [4.69, 9.17) is 5.73 Å². The number of halogens is 3. The summed E-state index contributed by atoms with van der Waals surface area (Å²) >= 11 is 0. The van der Waals surface area contributed by atoms with Crippen molar-refractivity contribution in [2.24, 2.45) is 0 Å². The molecular formula is C12H17F3N2O2. The Hall–Kier alpha value is -1.63. The Balaban J connectivity index is 2.93. The molecule has 0 aliphatic rings. The summed E-state index contributed by atoms with van der Waals surface area (Å²) in [6.07, 6.45) is -0.0286. The fourth-order valence-corrected chi connectivity index (χ4v) is 1.58. The van der Waals surface area contributed by atoms with Gasteiger partial charge in [-0.2, -0.15) is 8.78 Å². The number of alkyl halides is 2. The molecule has 0 aromatic heterocycles. The molecule has 1 rings (SSSR count). The SMILES string of the molecule is CC(O)CCN(C)c1cc(OC(F)F)c(F)cc1N. The van der Waals surface area contributed by atoms with E-state index in [1.165, 1.54) is 0 Å². The van der Waals surface area contributed by atoms with E-state index in [0.717, 1.165) is 12.1 Å². The second kappa shape index (κ2) is 6.51. The smallest absolute Gasteiger partial charge is 0.387 e. The van der Waals surface area contributed by atoms with Gasteiger partial charge in [-0.15, -0.1) is 0 Å². The average molecular weight is 278 g/mol. The van der Waals surface area contributed by atoms with E-state index in [2.05, 4.69) is 4.74 Å². The lowest BCUT2D eigenvalue weighted by atomic mass is 10.2. The van der Waals surface area contributed by atoms with Crippen LogP contribution in [0.4, 0.5) is 24.5 Å². The number of benzene rings is 1. The number of nitrogens with zero attached hydrogens (tertiary/aromatic N) is 1. The van der Waals surface area contributed by atoms with Crippen LogP contribution in [0, 0.1) is 5.82 Å². The molecule has 1 atom stereocenters. The van der Waals surface area contributed by atoms with Crippen LogP contribution in [0.1, 0.15) is 13.3 Å². The van der Waals surface area contributed by atoms with E-state index >= 15 is 0 Å². The van der Waals surface area contributed by atoms with Gasteiger partial charge in [0.2, 0.25) is 0 Å². The molecule has 0 aliphatic carbocycles. The monoisotopic (exact) mass is 278 g/mol. The molecule has 0 fully saturated rings. The van der Waals surface area contributed by atoms with Crippen LogP contribution in [0.15, 0.2) is 12.1 Å². The third-order valence-corrected chi connectivity index (χ3v) is 2.59. The second-order valence-electron chi connectivity index (χ2n) is 4.28. The fraction of sp³-hybridized carbons (Fsp3) is 0.500. The number of aliphatic hydroxyl groups excluding tert-OH is 1. The van der Waals surface area contributed by atoms with Gasteiger partial charge in [-0.3, -0.25) is 0 Å². The highest BCUT2D eigenvalue weighted by atomic mass is 19.3. The molecule has 4 nitrogen and oxygen atoms in total. The maximum absolute atomic E-state index is 13.4. The van der Waals surface area contributed by atoms with Gasteiger partial charge >= 0.3 is 6.61 Å². The van der Waals surface area contributed by atoms with Crippen LogP contribution in [0.2, 0.25) is 0 Å². The minimum absolute atomic E-state index is 0.118. The molecule has 0 spiro atoms. The average Bonchev–Trinajstić information content (AvgIpc) is 2.29. The van der Waals surface area contributed by atoms with Crippen LogP contribution >= 0.6 is 0 Å². The van der Waals surface area contributed by atoms with Crippen molar-refractivity contribution in [2.75, 3.05) is 24.2 Å². The summed E-state index contributed by atoms with van der Waals surface area (Å²) in [5.41, 5.74) is 6.13. The van der Waals surface area contributed by atoms with Crippen LogP contribution in [-0.4, -0.2) is 31.4 Å². The number of anilines is 2. The lowest BCUT2D eigenvalue weighted by molar-refractivity contribution is -0.0521. The number of rotatable bonds is 6. The maximum atomic E-state index is 13.4. The molecule has 1 aromatic rings. The summed E-state index contributed by atoms with van der Waals surface area (Å²) < 4.78 is 41.7. The van der Waals surface area contributed by atoms with Gasteiger partial charge in [-0.1, -0.05) is 0 Å². The van der Waals surface area contributed by atoms with Crippen LogP contribution in [0.5, 0.6) is 5.75 Å². The van der Waals surface area contributed by atoms with Crippen LogP contribution in [0.25, 0.3) is 0 Å². The number of hydrogen-bond donors (Lipinski definition) is 2. The number of nitrogen functional groups attached to an aromatic ring is 1. The molecule has 19 heavy (non-hydrogen) atoms. The summed E-state index contributed by atoms with van der Waals surface area (Å²) in [5.74, 6) is -1.49.